The first kappa shape index (κ1) is 19.5. The van der Waals surface area contributed by atoms with Crippen molar-refractivity contribution in [1.29, 1.82) is 0 Å². The van der Waals surface area contributed by atoms with Crippen LogP contribution in [0.4, 0.5) is 0 Å². The van der Waals surface area contributed by atoms with E-state index in [4.69, 9.17) is 14.6 Å². The number of aromatic hydroxyl groups is 1. The summed E-state index contributed by atoms with van der Waals surface area (Å²) in [6.07, 6.45) is 7.27. The first-order chi connectivity index (χ1) is 13.5. The average molecular weight is 382 g/mol. The smallest absolute Gasteiger partial charge is 0.339 e. The molecule has 3 rings (SSSR count). The molecule has 1 fully saturated rings. The molecule has 0 heterocycles. The summed E-state index contributed by atoms with van der Waals surface area (Å²) in [5.74, 6) is -0.671. The second-order valence-corrected chi connectivity index (χ2v) is 6.67. The molecule has 0 aliphatic heterocycles. The molecule has 146 valence electrons. The summed E-state index contributed by atoms with van der Waals surface area (Å²) in [6.45, 7) is 0. The molecular weight excluding hydrogens is 360 g/mol. The maximum Gasteiger partial charge on any atom is 0.339 e. The van der Waals surface area contributed by atoms with E-state index in [0.717, 1.165) is 25.7 Å². The molecule has 1 aliphatic carbocycles. The van der Waals surface area contributed by atoms with Crippen molar-refractivity contribution in [3.05, 3.63) is 59.2 Å². The number of allylic oxidation sites excluding steroid dienone is 1. The Bertz CT molecular complexity index is 909. The first-order valence-electron chi connectivity index (χ1n) is 9.11. The quantitative estimate of drug-likeness (QED) is 0.547. The van der Waals surface area contributed by atoms with E-state index in [2.05, 4.69) is 0 Å². The number of carboxylic acid groups (broad SMARTS) is 1. The van der Waals surface area contributed by atoms with E-state index >= 15 is 0 Å². The molecule has 28 heavy (non-hydrogen) atoms. The van der Waals surface area contributed by atoms with Crippen molar-refractivity contribution in [2.45, 2.75) is 31.8 Å². The zero-order valence-corrected chi connectivity index (χ0v) is 15.6. The lowest BCUT2D eigenvalue weighted by Gasteiger charge is -2.16. The van der Waals surface area contributed by atoms with E-state index in [1.54, 1.807) is 25.3 Å². The van der Waals surface area contributed by atoms with E-state index in [1.165, 1.54) is 30.4 Å². The monoisotopic (exact) mass is 382 g/mol. The Morgan fingerprint density at radius 2 is 1.82 bits per heavy atom. The van der Waals surface area contributed by atoms with Crippen LogP contribution >= 0.6 is 0 Å². The highest BCUT2D eigenvalue weighted by molar-refractivity contribution is 6.07. The summed E-state index contributed by atoms with van der Waals surface area (Å²) >= 11 is 0. The summed E-state index contributed by atoms with van der Waals surface area (Å²) in [6, 6.07) is 9.16. The molecule has 0 unspecified atom stereocenters. The number of carboxylic acids is 1. The molecule has 0 bridgehead atoms. The van der Waals surface area contributed by atoms with Crippen molar-refractivity contribution < 1.29 is 29.3 Å². The molecule has 0 aromatic heterocycles. The minimum absolute atomic E-state index is 0.140. The lowest BCUT2D eigenvalue weighted by molar-refractivity contribution is 0.0693. The third kappa shape index (κ3) is 4.52. The van der Waals surface area contributed by atoms with Crippen LogP contribution in [-0.4, -0.2) is 35.2 Å². The highest BCUT2D eigenvalue weighted by Crippen LogP contribution is 2.32. The highest BCUT2D eigenvalue weighted by Gasteiger charge is 2.19. The van der Waals surface area contributed by atoms with Gasteiger partial charge in [0.2, 0.25) is 0 Å². The third-order valence-electron chi connectivity index (χ3n) is 4.72. The molecule has 0 amide bonds. The SMILES string of the molecule is COc1ccc(C(=O)/C=C/c2ccc(O)c(C(=O)O)c2)cc1OC1CCCC1. The highest BCUT2D eigenvalue weighted by atomic mass is 16.5. The van der Waals surface area contributed by atoms with E-state index in [-0.39, 0.29) is 23.2 Å². The van der Waals surface area contributed by atoms with Crippen LogP contribution in [0.1, 0.15) is 52.0 Å². The van der Waals surface area contributed by atoms with Crippen LogP contribution in [0.15, 0.2) is 42.5 Å². The molecule has 6 heteroatoms. The zero-order valence-electron chi connectivity index (χ0n) is 15.6. The summed E-state index contributed by atoms with van der Waals surface area (Å²) < 4.78 is 11.3. The Morgan fingerprint density at radius 1 is 1.07 bits per heavy atom. The third-order valence-corrected chi connectivity index (χ3v) is 4.72. The number of rotatable bonds is 7. The van der Waals surface area contributed by atoms with Gasteiger partial charge in [0, 0.05) is 5.56 Å². The van der Waals surface area contributed by atoms with Gasteiger partial charge in [-0.05, 0) is 67.7 Å². The fraction of sp³-hybridized carbons (Fsp3) is 0.273. The summed E-state index contributed by atoms with van der Waals surface area (Å²) in [5, 5.41) is 18.6. The molecule has 2 aromatic rings. The molecular formula is C22H22O6. The van der Waals surface area contributed by atoms with Crippen LogP contribution in [0, 0.1) is 0 Å². The number of carbonyl (C=O) groups is 2. The van der Waals surface area contributed by atoms with Gasteiger partial charge in [-0.3, -0.25) is 4.79 Å². The molecule has 0 radical (unpaired) electrons. The van der Waals surface area contributed by atoms with E-state index in [1.807, 2.05) is 0 Å². The molecule has 0 atom stereocenters. The maximum absolute atomic E-state index is 12.5. The molecule has 2 aromatic carbocycles. The number of hydrogen-bond acceptors (Lipinski definition) is 5. The fourth-order valence-electron chi connectivity index (χ4n) is 3.20. The van der Waals surface area contributed by atoms with Gasteiger partial charge in [0.1, 0.15) is 11.3 Å². The van der Waals surface area contributed by atoms with E-state index in [9.17, 15) is 14.7 Å². The standard InChI is InChI=1S/C22H22O6/c1-27-20-11-8-15(13-21(20)28-16-4-2-3-5-16)18(23)9-6-14-7-10-19(24)17(12-14)22(25)26/h6-13,16,24H,2-5H2,1H3,(H,25,26)/b9-6+. The van der Waals surface area contributed by atoms with Gasteiger partial charge in [-0.1, -0.05) is 12.1 Å². The molecule has 1 aliphatic rings. The fourth-order valence-corrected chi connectivity index (χ4v) is 3.20. The van der Waals surface area contributed by atoms with Crippen molar-refractivity contribution in [1.82, 2.24) is 0 Å². The van der Waals surface area contributed by atoms with Crippen LogP contribution in [-0.2, 0) is 0 Å². The Balaban J connectivity index is 1.79. The van der Waals surface area contributed by atoms with Gasteiger partial charge in [0.25, 0.3) is 0 Å². The Morgan fingerprint density at radius 3 is 2.50 bits per heavy atom. The first-order valence-corrected chi connectivity index (χ1v) is 9.11. The zero-order chi connectivity index (χ0) is 20.1. The van der Waals surface area contributed by atoms with Crippen LogP contribution in [0.3, 0.4) is 0 Å². The number of phenols is 1. The Labute approximate surface area is 163 Å². The van der Waals surface area contributed by atoms with E-state index < -0.39 is 5.97 Å². The number of ketones is 1. The number of ether oxygens (including phenoxy) is 2. The van der Waals surface area contributed by atoms with Gasteiger partial charge in [-0.25, -0.2) is 4.79 Å². The number of carbonyl (C=O) groups excluding carboxylic acids is 1. The molecule has 2 N–H and O–H groups in total. The second-order valence-electron chi connectivity index (χ2n) is 6.67. The normalized spacial score (nSPS) is 14.3. The van der Waals surface area contributed by atoms with Gasteiger partial charge in [-0.15, -0.1) is 0 Å². The molecule has 6 nitrogen and oxygen atoms in total. The Kier molecular flexibility index (Phi) is 5.99. The summed E-state index contributed by atoms with van der Waals surface area (Å²) in [7, 11) is 1.56. The number of methoxy groups -OCH3 is 1. The minimum Gasteiger partial charge on any atom is -0.507 e. The maximum atomic E-state index is 12.5. The van der Waals surface area contributed by atoms with Crippen molar-refractivity contribution in [2.75, 3.05) is 7.11 Å². The van der Waals surface area contributed by atoms with Crippen molar-refractivity contribution in [3.63, 3.8) is 0 Å². The van der Waals surface area contributed by atoms with Crippen LogP contribution in [0.5, 0.6) is 17.2 Å². The van der Waals surface area contributed by atoms with Gasteiger partial charge >= 0.3 is 5.97 Å². The molecule has 1 saturated carbocycles. The van der Waals surface area contributed by atoms with E-state index in [0.29, 0.717) is 22.6 Å². The molecule has 0 spiro atoms. The molecule has 0 saturated heterocycles. The lowest BCUT2D eigenvalue weighted by atomic mass is 10.1. The predicted octanol–water partition coefficient (Wildman–Crippen LogP) is 4.32. The lowest BCUT2D eigenvalue weighted by Crippen LogP contribution is -2.12. The van der Waals surface area contributed by atoms with Crippen molar-refractivity contribution in [3.8, 4) is 17.2 Å². The number of hydrogen-bond donors (Lipinski definition) is 2. The predicted molar refractivity (Wildman–Crippen MR) is 104 cm³/mol. The topological polar surface area (TPSA) is 93.1 Å². The second kappa shape index (κ2) is 8.61. The average Bonchev–Trinajstić information content (AvgIpc) is 3.20. The van der Waals surface area contributed by atoms with Gasteiger partial charge in [-0.2, -0.15) is 0 Å². The van der Waals surface area contributed by atoms with Crippen LogP contribution in [0.2, 0.25) is 0 Å². The number of aromatic carboxylic acids is 1. The van der Waals surface area contributed by atoms with Gasteiger partial charge in [0.05, 0.1) is 13.2 Å². The van der Waals surface area contributed by atoms with Crippen LogP contribution < -0.4 is 9.47 Å². The van der Waals surface area contributed by atoms with Crippen molar-refractivity contribution in [2.24, 2.45) is 0 Å². The van der Waals surface area contributed by atoms with Gasteiger partial charge in [0.15, 0.2) is 17.3 Å². The van der Waals surface area contributed by atoms with Gasteiger partial charge < -0.3 is 19.7 Å². The van der Waals surface area contributed by atoms with Crippen molar-refractivity contribution >= 4 is 17.8 Å². The Hall–Kier alpha value is -3.28. The minimum atomic E-state index is -1.23. The summed E-state index contributed by atoms with van der Waals surface area (Å²) in [5.41, 5.74) is 0.730. The summed E-state index contributed by atoms with van der Waals surface area (Å²) in [4.78, 5) is 23.6. The largest absolute Gasteiger partial charge is 0.507 e. The van der Waals surface area contributed by atoms with Crippen LogP contribution in [0.25, 0.3) is 6.08 Å². The number of benzene rings is 2.